The van der Waals surface area contributed by atoms with E-state index in [1.807, 2.05) is 6.07 Å². The second kappa shape index (κ2) is 3.80. The highest BCUT2D eigenvalue weighted by molar-refractivity contribution is 14.1. The fourth-order valence-corrected chi connectivity index (χ4v) is 2.00. The van der Waals surface area contributed by atoms with Crippen molar-refractivity contribution >= 4 is 33.5 Å². The Morgan fingerprint density at radius 2 is 2.13 bits per heavy atom. The minimum absolute atomic E-state index is 0.227. The maximum Gasteiger partial charge on any atom is 0.328 e. The Balaban J connectivity index is 2.99. The van der Waals surface area contributed by atoms with E-state index in [9.17, 15) is 9.59 Å². The molecular weight excluding hydrogens is 307 g/mol. The molecule has 0 aliphatic heterocycles. The van der Waals surface area contributed by atoms with Gasteiger partial charge in [0.25, 0.3) is 5.56 Å². The van der Waals surface area contributed by atoms with Crippen LogP contribution in [0.25, 0.3) is 10.9 Å². The van der Waals surface area contributed by atoms with Gasteiger partial charge >= 0.3 is 5.69 Å². The standard InChI is InChI=1S/C10H9IN2O2/c1-2-13-9(14)7-5-6(11)3-4-8(7)12-10(13)15/h3-5H,2H2,1H3,(H,12,15). The Labute approximate surface area is 99.1 Å². The van der Waals surface area contributed by atoms with Crippen LogP contribution in [-0.4, -0.2) is 9.55 Å². The number of benzene rings is 1. The number of nitrogens with zero attached hydrogens (tertiary/aromatic N) is 1. The smallest absolute Gasteiger partial charge is 0.307 e. The number of H-pyrrole nitrogens is 1. The molecular formula is C10H9IN2O2. The van der Waals surface area contributed by atoms with Gasteiger partial charge in [-0.2, -0.15) is 0 Å². The third-order valence-corrected chi connectivity index (χ3v) is 2.93. The summed E-state index contributed by atoms with van der Waals surface area (Å²) in [5.41, 5.74) is 0.0149. The molecule has 0 atom stereocenters. The van der Waals surface area contributed by atoms with E-state index < -0.39 is 0 Å². The lowest BCUT2D eigenvalue weighted by atomic mass is 10.2. The highest BCUT2D eigenvalue weighted by Crippen LogP contribution is 2.10. The van der Waals surface area contributed by atoms with Crippen molar-refractivity contribution in [3.63, 3.8) is 0 Å². The Morgan fingerprint density at radius 3 is 2.80 bits per heavy atom. The molecule has 0 saturated heterocycles. The molecule has 0 unspecified atom stereocenters. The first-order valence-corrected chi connectivity index (χ1v) is 5.63. The molecule has 0 saturated carbocycles. The van der Waals surface area contributed by atoms with Gasteiger partial charge in [-0.15, -0.1) is 0 Å². The predicted octanol–water partition coefficient (Wildman–Crippen LogP) is 1.31. The molecule has 5 heteroatoms. The summed E-state index contributed by atoms with van der Waals surface area (Å²) in [5.74, 6) is 0. The third kappa shape index (κ3) is 1.71. The van der Waals surface area contributed by atoms with E-state index in [0.717, 1.165) is 3.57 Å². The van der Waals surface area contributed by atoms with Crippen molar-refractivity contribution in [1.29, 1.82) is 0 Å². The second-order valence-electron chi connectivity index (χ2n) is 3.17. The summed E-state index contributed by atoms with van der Waals surface area (Å²) in [5, 5.41) is 0.559. The molecule has 0 fully saturated rings. The first-order valence-electron chi connectivity index (χ1n) is 4.56. The lowest BCUT2D eigenvalue weighted by Crippen LogP contribution is -2.34. The Morgan fingerprint density at radius 1 is 1.40 bits per heavy atom. The van der Waals surface area contributed by atoms with Crippen LogP contribution in [0.3, 0.4) is 0 Å². The van der Waals surface area contributed by atoms with Gasteiger partial charge in [0.2, 0.25) is 0 Å². The molecule has 0 aliphatic rings. The number of halogens is 1. The number of nitrogens with one attached hydrogen (secondary N) is 1. The van der Waals surface area contributed by atoms with Crippen LogP contribution in [-0.2, 0) is 6.54 Å². The fraction of sp³-hybridized carbons (Fsp3) is 0.200. The number of aromatic nitrogens is 2. The quantitative estimate of drug-likeness (QED) is 0.807. The van der Waals surface area contributed by atoms with Crippen molar-refractivity contribution < 1.29 is 0 Å². The summed E-state index contributed by atoms with van der Waals surface area (Å²) in [4.78, 5) is 26.0. The van der Waals surface area contributed by atoms with Crippen LogP contribution in [0.5, 0.6) is 0 Å². The summed E-state index contributed by atoms with van der Waals surface area (Å²) < 4.78 is 2.17. The van der Waals surface area contributed by atoms with Crippen LogP contribution in [0.1, 0.15) is 6.92 Å². The maximum absolute atomic E-state index is 11.9. The lowest BCUT2D eigenvalue weighted by molar-refractivity contribution is 0.684. The van der Waals surface area contributed by atoms with Gasteiger partial charge in [-0.1, -0.05) is 0 Å². The molecule has 78 valence electrons. The minimum Gasteiger partial charge on any atom is -0.307 e. The summed E-state index contributed by atoms with van der Waals surface area (Å²) in [6.07, 6.45) is 0. The molecule has 2 rings (SSSR count). The molecule has 1 aromatic carbocycles. The molecule has 4 nitrogen and oxygen atoms in total. The summed E-state index contributed by atoms with van der Waals surface area (Å²) in [6.45, 7) is 2.16. The van der Waals surface area contributed by atoms with Gasteiger partial charge in [0.1, 0.15) is 0 Å². The van der Waals surface area contributed by atoms with Crippen molar-refractivity contribution in [3.8, 4) is 0 Å². The molecule has 0 spiro atoms. The monoisotopic (exact) mass is 316 g/mol. The largest absolute Gasteiger partial charge is 0.328 e. The molecule has 0 bridgehead atoms. The predicted molar refractivity (Wildman–Crippen MR) is 67.2 cm³/mol. The van der Waals surface area contributed by atoms with Crippen LogP contribution < -0.4 is 11.2 Å². The molecule has 1 heterocycles. The van der Waals surface area contributed by atoms with E-state index in [0.29, 0.717) is 17.4 Å². The highest BCUT2D eigenvalue weighted by atomic mass is 127. The molecule has 0 amide bonds. The lowest BCUT2D eigenvalue weighted by Gasteiger charge is -2.03. The number of aromatic amines is 1. The van der Waals surface area contributed by atoms with E-state index in [1.54, 1.807) is 19.1 Å². The summed E-state index contributed by atoms with van der Waals surface area (Å²) >= 11 is 2.14. The van der Waals surface area contributed by atoms with E-state index in [2.05, 4.69) is 27.6 Å². The van der Waals surface area contributed by atoms with Crippen LogP contribution in [0.15, 0.2) is 27.8 Å². The number of rotatable bonds is 1. The van der Waals surface area contributed by atoms with E-state index in [1.165, 1.54) is 4.57 Å². The molecule has 0 radical (unpaired) electrons. The van der Waals surface area contributed by atoms with Gasteiger partial charge in [-0.05, 0) is 47.7 Å². The number of hydrogen-bond acceptors (Lipinski definition) is 2. The zero-order valence-electron chi connectivity index (χ0n) is 8.08. The maximum atomic E-state index is 11.9. The third-order valence-electron chi connectivity index (χ3n) is 2.26. The minimum atomic E-state index is -0.351. The normalized spacial score (nSPS) is 10.8. The average Bonchev–Trinajstić information content (AvgIpc) is 2.20. The van der Waals surface area contributed by atoms with Crippen molar-refractivity contribution in [2.24, 2.45) is 0 Å². The van der Waals surface area contributed by atoms with Gasteiger partial charge in [-0.3, -0.25) is 9.36 Å². The zero-order chi connectivity index (χ0) is 11.0. The van der Waals surface area contributed by atoms with Crippen LogP contribution in [0.4, 0.5) is 0 Å². The Kier molecular flexibility index (Phi) is 2.64. The van der Waals surface area contributed by atoms with Gasteiger partial charge in [0.15, 0.2) is 0 Å². The summed E-state index contributed by atoms with van der Waals surface area (Å²) in [7, 11) is 0. The SMILES string of the molecule is CCn1c(=O)[nH]c2ccc(I)cc2c1=O. The molecule has 1 N–H and O–H groups in total. The average molecular weight is 316 g/mol. The van der Waals surface area contributed by atoms with Crippen molar-refractivity contribution in [2.75, 3.05) is 0 Å². The fourth-order valence-electron chi connectivity index (χ4n) is 1.51. The molecule has 0 aliphatic carbocycles. The Bertz CT molecular complexity index is 627. The topological polar surface area (TPSA) is 54.9 Å². The highest BCUT2D eigenvalue weighted by Gasteiger charge is 2.05. The second-order valence-corrected chi connectivity index (χ2v) is 4.42. The first-order chi connectivity index (χ1) is 7.13. The molecule has 1 aromatic heterocycles. The van der Waals surface area contributed by atoms with Gasteiger partial charge in [0, 0.05) is 10.1 Å². The van der Waals surface area contributed by atoms with Crippen LogP contribution >= 0.6 is 22.6 Å². The molecule has 15 heavy (non-hydrogen) atoms. The Hall–Kier alpha value is -1.11. The van der Waals surface area contributed by atoms with E-state index in [-0.39, 0.29) is 11.2 Å². The van der Waals surface area contributed by atoms with Crippen LogP contribution in [0, 0.1) is 3.57 Å². The molecule has 2 aromatic rings. The first kappa shape index (κ1) is 10.4. The van der Waals surface area contributed by atoms with Gasteiger partial charge in [0.05, 0.1) is 10.9 Å². The van der Waals surface area contributed by atoms with Crippen molar-refractivity contribution in [2.45, 2.75) is 13.5 Å². The zero-order valence-corrected chi connectivity index (χ0v) is 10.2. The number of hydrogen-bond donors (Lipinski definition) is 1. The summed E-state index contributed by atoms with van der Waals surface area (Å²) in [6, 6.07) is 5.38. The van der Waals surface area contributed by atoms with Gasteiger partial charge < -0.3 is 4.98 Å². The number of fused-ring (bicyclic) bond motifs is 1. The van der Waals surface area contributed by atoms with Gasteiger partial charge in [-0.25, -0.2) is 4.79 Å². The van der Waals surface area contributed by atoms with E-state index >= 15 is 0 Å². The van der Waals surface area contributed by atoms with E-state index in [4.69, 9.17) is 0 Å². The van der Waals surface area contributed by atoms with Crippen molar-refractivity contribution in [3.05, 3.63) is 42.6 Å². The van der Waals surface area contributed by atoms with Crippen LogP contribution in [0.2, 0.25) is 0 Å². The van der Waals surface area contributed by atoms with Crippen molar-refractivity contribution in [1.82, 2.24) is 9.55 Å².